The first-order valence-electron chi connectivity index (χ1n) is 6.24. The Bertz CT molecular complexity index is 661. The first kappa shape index (κ1) is 17.5. The SMILES string of the molecule is O=C(NC1CCN(S(=O)(=O)c2ccc(I)cc2)C1)C(F)(F)F. The molecule has 0 saturated carbocycles. The minimum Gasteiger partial charge on any atom is -0.344 e. The zero-order valence-electron chi connectivity index (χ0n) is 11.1. The fourth-order valence-electron chi connectivity index (χ4n) is 2.09. The van der Waals surface area contributed by atoms with Crippen molar-refractivity contribution in [1.82, 2.24) is 9.62 Å². The molecule has 1 aliphatic heterocycles. The lowest BCUT2D eigenvalue weighted by molar-refractivity contribution is -0.174. The van der Waals surface area contributed by atoms with Gasteiger partial charge < -0.3 is 5.32 Å². The van der Waals surface area contributed by atoms with Crippen LogP contribution in [0.3, 0.4) is 0 Å². The highest BCUT2D eigenvalue weighted by Crippen LogP contribution is 2.23. The van der Waals surface area contributed by atoms with Crippen molar-refractivity contribution < 1.29 is 26.4 Å². The predicted octanol–water partition coefficient (Wildman–Crippen LogP) is 1.73. The molecule has 0 spiro atoms. The molecule has 22 heavy (non-hydrogen) atoms. The lowest BCUT2D eigenvalue weighted by atomic mass is 10.2. The van der Waals surface area contributed by atoms with Gasteiger partial charge in [0.05, 0.1) is 4.90 Å². The number of hydrogen-bond acceptors (Lipinski definition) is 3. The van der Waals surface area contributed by atoms with Gasteiger partial charge in [0, 0.05) is 22.7 Å². The maximum absolute atomic E-state index is 12.4. The van der Waals surface area contributed by atoms with Gasteiger partial charge in [-0.05, 0) is 53.3 Å². The van der Waals surface area contributed by atoms with E-state index in [-0.39, 0.29) is 24.4 Å². The standard InChI is InChI=1S/C12H12F3IN2O3S/c13-12(14,15)11(19)17-9-5-6-18(7-9)22(20,21)10-3-1-8(16)2-4-10/h1-4,9H,5-7H2,(H,17,19). The van der Waals surface area contributed by atoms with Crippen LogP contribution in [-0.4, -0.2) is 43.9 Å². The quantitative estimate of drug-likeness (QED) is 0.717. The molecule has 1 unspecified atom stereocenters. The summed E-state index contributed by atoms with van der Waals surface area (Å²) in [6.45, 7) is -0.104. The maximum atomic E-state index is 12.4. The Hall–Kier alpha value is -0.880. The summed E-state index contributed by atoms with van der Waals surface area (Å²) < 4.78 is 63.2. The van der Waals surface area contributed by atoms with Gasteiger partial charge in [0.25, 0.3) is 0 Å². The fourth-order valence-corrected chi connectivity index (χ4v) is 3.95. The Balaban J connectivity index is 2.06. The summed E-state index contributed by atoms with van der Waals surface area (Å²) >= 11 is 2.03. The number of amides is 1. The summed E-state index contributed by atoms with van der Waals surface area (Å²) in [6.07, 6.45) is -4.83. The number of rotatable bonds is 3. The van der Waals surface area contributed by atoms with Crippen molar-refractivity contribution in [3.63, 3.8) is 0 Å². The highest BCUT2D eigenvalue weighted by atomic mass is 127. The van der Waals surface area contributed by atoms with Gasteiger partial charge in [-0.1, -0.05) is 0 Å². The second-order valence-electron chi connectivity index (χ2n) is 4.77. The zero-order chi connectivity index (χ0) is 16.5. The summed E-state index contributed by atoms with van der Waals surface area (Å²) in [7, 11) is -3.76. The highest BCUT2D eigenvalue weighted by molar-refractivity contribution is 14.1. The van der Waals surface area contributed by atoms with Crippen LogP contribution in [0.1, 0.15) is 6.42 Å². The van der Waals surface area contributed by atoms with E-state index in [2.05, 4.69) is 0 Å². The summed E-state index contributed by atoms with van der Waals surface area (Å²) in [4.78, 5) is 11.0. The third-order valence-electron chi connectivity index (χ3n) is 3.20. The minimum atomic E-state index is -4.97. The summed E-state index contributed by atoms with van der Waals surface area (Å²) in [5.74, 6) is -2.05. The second-order valence-corrected chi connectivity index (χ2v) is 7.96. The number of alkyl halides is 3. The predicted molar refractivity (Wildman–Crippen MR) is 80.5 cm³/mol. The van der Waals surface area contributed by atoms with Crippen LogP contribution in [-0.2, 0) is 14.8 Å². The van der Waals surface area contributed by atoms with Gasteiger partial charge in [0.2, 0.25) is 10.0 Å². The average molecular weight is 448 g/mol. The van der Waals surface area contributed by atoms with E-state index in [9.17, 15) is 26.4 Å². The van der Waals surface area contributed by atoms with E-state index < -0.39 is 28.1 Å². The van der Waals surface area contributed by atoms with Gasteiger partial charge in [0.15, 0.2) is 0 Å². The van der Waals surface area contributed by atoms with E-state index in [1.54, 1.807) is 12.1 Å². The molecular weight excluding hydrogens is 436 g/mol. The van der Waals surface area contributed by atoms with Crippen molar-refractivity contribution in [3.8, 4) is 0 Å². The number of halogens is 4. The number of carbonyl (C=O) groups is 1. The van der Waals surface area contributed by atoms with E-state index in [4.69, 9.17) is 0 Å². The first-order chi connectivity index (χ1) is 10.1. The molecule has 0 aliphatic carbocycles. The van der Waals surface area contributed by atoms with Gasteiger partial charge in [0.1, 0.15) is 0 Å². The summed E-state index contributed by atoms with van der Waals surface area (Å²) in [5.41, 5.74) is 0. The number of benzene rings is 1. The normalized spacial score (nSPS) is 20.1. The second kappa shape index (κ2) is 6.32. The molecule has 1 N–H and O–H groups in total. The number of hydrogen-bond donors (Lipinski definition) is 1. The average Bonchev–Trinajstić information content (AvgIpc) is 2.87. The molecule has 0 aromatic heterocycles. The Labute approximate surface area is 139 Å². The molecule has 1 atom stereocenters. The van der Waals surface area contributed by atoms with E-state index in [1.165, 1.54) is 12.1 Å². The molecule has 122 valence electrons. The smallest absolute Gasteiger partial charge is 0.344 e. The Morgan fingerprint density at radius 2 is 1.86 bits per heavy atom. The molecule has 5 nitrogen and oxygen atoms in total. The molecule has 1 aromatic rings. The van der Waals surface area contributed by atoms with Gasteiger partial charge in [-0.2, -0.15) is 17.5 Å². The number of carbonyl (C=O) groups excluding carboxylic acids is 1. The van der Waals surface area contributed by atoms with Crippen molar-refractivity contribution in [2.75, 3.05) is 13.1 Å². The van der Waals surface area contributed by atoms with Crippen molar-refractivity contribution >= 4 is 38.5 Å². The van der Waals surface area contributed by atoms with E-state index in [0.29, 0.717) is 0 Å². The van der Waals surface area contributed by atoms with Gasteiger partial charge in [-0.3, -0.25) is 4.79 Å². The molecular formula is C12H12F3IN2O3S. The van der Waals surface area contributed by atoms with Crippen LogP contribution in [0.5, 0.6) is 0 Å². The molecule has 1 amide bonds. The Kier molecular flexibility index (Phi) is 5.02. The molecule has 0 bridgehead atoms. The topological polar surface area (TPSA) is 66.5 Å². The van der Waals surface area contributed by atoms with Gasteiger partial charge in [-0.25, -0.2) is 8.42 Å². The van der Waals surface area contributed by atoms with Crippen LogP contribution in [0, 0.1) is 3.57 Å². The van der Waals surface area contributed by atoms with Crippen molar-refractivity contribution in [2.24, 2.45) is 0 Å². The van der Waals surface area contributed by atoms with Crippen molar-refractivity contribution in [1.29, 1.82) is 0 Å². The molecule has 1 heterocycles. The van der Waals surface area contributed by atoms with Crippen LogP contribution in [0.4, 0.5) is 13.2 Å². The molecule has 1 fully saturated rings. The lowest BCUT2D eigenvalue weighted by Crippen LogP contribution is -2.44. The molecule has 1 aliphatic rings. The highest BCUT2D eigenvalue weighted by Gasteiger charge is 2.41. The Morgan fingerprint density at radius 3 is 2.41 bits per heavy atom. The third-order valence-corrected chi connectivity index (χ3v) is 5.79. The van der Waals surface area contributed by atoms with Crippen LogP contribution in [0.25, 0.3) is 0 Å². The summed E-state index contributed by atoms with van der Waals surface area (Å²) in [5, 5.41) is 1.81. The van der Waals surface area contributed by atoms with Crippen LogP contribution in [0.15, 0.2) is 29.2 Å². The number of sulfonamides is 1. The third kappa shape index (κ3) is 3.90. The van der Waals surface area contributed by atoms with Crippen molar-refractivity contribution in [3.05, 3.63) is 27.8 Å². The molecule has 2 rings (SSSR count). The van der Waals surface area contributed by atoms with Crippen molar-refractivity contribution in [2.45, 2.75) is 23.5 Å². The first-order valence-corrected chi connectivity index (χ1v) is 8.76. The van der Waals surface area contributed by atoms with Gasteiger partial charge in [-0.15, -0.1) is 0 Å². The number of nitrogens with zero attached hydrogens (tertiary/aromatic N) is 1. The zero-order valence-corrected chi connectivity index (χ0v) is 14.1. The fraction of sp³-hybridized carbons (Fsp3) is 0.417. The molecule has 1 saturated heterocycles. The maximum Gasteiger partial charge on any atom is 0.471 e. The minimum absolute atomic E-state index is 0.0666. The van der Waals surface area contributed by atoms with E-state index in [1.807, 2.05) is 27.9 Å². The lowest BCUT2D eigenvalue weighted by Gasteiger charge is -2.17. The largest absolute Gasteiger partial charge is 0.471 e. The van der Waals surface area contributed by atoms with Crippen LogP contribution >= 0.6 is 22.6 Å². The van der Waals surface area contributed by atoms with Gasteiger partial charge >= 0.3 is 12.1 Å². The molecule has 10 heteroatoms. The molecule has 0 radical (unpaired) electrons. The summed E-state index contributed by atoms with van der Waals surface area (Å²) in [6, 6.07) is 5.31. The Morgan fingerprint density at radius 1 is 1.27 bits per heavy atom. The van der Waals surface area contributed by atoms with E-state index in [0.717, 1.165) is 7.88 Å². The number of nitrogens with one attached hydrogen (secondary N) is 1. The van der Waals surface area contributed by atoms with E-state index >= 15 is 0 Å². The molecule has 1 aromatic carbocycles. The van der Waals surface area contributed by atoms with Crippen LogP contribution < -0.4 is 5.32 Å². The van der Waals surface area contributed by atoms with Crippen LogP contribution in [0.2, 0.25) is 0 Å². The monoisotopic (exact) mass is 448 g/mol.